The maximum atomic E-state index is 11.1. The Labute approximate surface area is 100 Å². The van der Waals surface area contributed by atoms with E-state index in [4.69, 9.17) is 5.11 Å². The Morgan fingerprint density at radius 2 is 2.25 bits per heavy atom. The Morgan fingerprint density at radius 3 is 2.94 bits per heavy atom. The van der Waals surface area contributed by atoms with Gasteiger partial charge >= 0.3 is 5.97 Å². The summed E-state index contributed by atoms with van der Waals surface area (Å²) >= 11 is 1.72. The topological polar surface area (TPSA) is 37.3 Å². The first-order valence-corrected chi connectivity index (χ1v) is 6.95. The highest BCUT2D eigenvalue weighted by Crippen LogP contribution is 2.33. The fourth-order valence-electron chi connectivity index (χ4n) is 2.67. The maximum absolute atomic E-state index is 11.1. The number of thiophene rings is 1. The Morgan fingerprint density at radius 1 is 1.44 bits per heavy atom. The molecule has 3 heteroatoms. The number of carboxylic acids is 1. The monoisotopic (exact) mass is 238 g/mol. The molecule has 2 unspecified atom stereocenters. The second-order valence-corrected chi connectivity index (χ2v) is 5.44. The lowest BCUT2D eigenvalue weighted by molar-refractivity contribution is -0.145. The van der Waals surface area contributed by atoms with Gasteiger partial charge in [0.1, 0.15) is 0 Å². The number of carboxylic acid groups (broad SMARTS) is 1. The van der Waals surface area contributed by atoms with Gasteiger partial charge in [-0.2, -0.15) is 11.3 Å². The summed E-state index contributed by atoms with van der Waals surface area (Å²) in [7, 11) is 0. The van der Waals surface area contributed by atoms with Crippen LogP contribution in [-0.2, 0) is 11.2 Å². The first-order chi connectivity index (χ1) is 7.77. The van der Waals surface area contributed by atoms with Crippen molar-refractivity contribution in [3.05, 3.63) is 22.4 Å². The van der Waals surface area contributed by atoms with Crippen LogP contribution in [0, 0.1) is 11.8 Å². The maximum Gasteiger partial charge on any atom is 0.306 e. The quantitative estimate of drug-likeness (QED) is 0.870. The van der Waals surface area contributed by atoms with Crippen LogP contribution < -0.4 is 0 Å². The van der Waals surface area contributed by atoms with Crippen LogP contribution in [-0.4, -0.2) is 11.1 Å². The van der Waals surface area contributed by atoms with E-state index in [-0.39, 0.29) is 5.92 Å². The van der Waals surface area contributed by atoms with Crippen LogP contribution in [0.2, 0.25) is 0 Å². The molecule has 1 aromatic heterocycles. The average Bonchev–Trinajstić information content (AvgIpc) is 2.79. The highest BCUT2D eigenvalue weighted by atomic mass is 32.1. The van der Waals surface area contributed by atoms with Crippen LogP contribution in [0.3, 0.4) is 0 Å². The van der Waals surface area contributed by atoms with E-state index in [0.29, 0.717) is 5.92 Å². The lowest BCUT2D eigenvalue weighted by atomic mass is 9.76. The highest BCUT2D eigenvalue weighted by molar-refractivity contribution is 7.07. The molecule has 1 aliphatic carbocycles. The summed E-state index contributed by atoms with van der Waals surface area (Å²) in [5, 5.41) is 13.4. The van der Waals surface area contributed by atoms with E-state index < -0.39 is 5.97 Å². The SMILES string of the molecule is O=C(O)C1CCCCC1CCc1ccsc1. The van der Waals surface area contributed by atoms with Gasteiger partial charge in [-0.15, -0.1) is 0 Å². The molecule has 0 radical (unpaired) electrons. The number of aliphatic carboxylic acids is 1. The minimum atomic E-state index is -0.588. The van der Waals surface area contributed by atoms with Gasteiger partial charge in [0.05, 0.1) is 5.92 Å². The molecule has 1 aliphatic rings. The Hall–Kier alpha value is -0.830. The molecule has 88 valence electrons. The van der Waals surface area contributed by atoms with Crippen molar-refractivity contribution < 1.29 is 9.90 Å². The van der Waals surface area contributed by atoms with Crippen molar-refractivity contribution in [1.82, 2.24) is 0 Å². The molecular formula is C13H18O2S. The number of carbonyl (C=O) groups is 1. The Kier molecular flexibility index (Phi) is 3.99. The zero-order valence-corrected chi connectivity index (χ0v) is 10.2. The van der Waals surface area contributed by atoms with Crippen molar-refractivity contribution in [2.75, 3.05) is 0 Å². The number of rotatable bonds is 4. The summed E-state index contributed by atoms with van der Waals surface area (Å²) in [5.74, 6) is -0.284. The van der Waals surface area contributed by atoms with E-state index >= 15 is 0 Å². The first kappa shape index (κ1) is 11.6. The van der Waals surface area contributed by atoms with Crippen molar-refractivity contribution in [3.8, 4) is 0 Å². The smallest absolute Gasteiger partial charge is 0.306 e. The van der Waals surface area contributed by atoms with Crippen LogP contribution in [0.5, 0.6) is 0 Å². The Balaban J connectivity index is 1.89. The molecule has 2 rings (SSSR count). The molecule has 1 saturated carbocycles. The molecule has 16 heavy (non-hydrogen) atoms. The van der Waals surface area contributed by atoms with Crippen molar-refractivity contribution in [2.45, 2.75) is 38.5 Å². The lowest BCUT2D eigenvalue weighted by Gasteiger charge is -2.28. The fraction of sp³-hybridized carbons (Fsp3) is 0.615. The van der Waals surface area contributed by atoms with Gasteiger partial charge in [-0.25, -0.2) is 0 Å². The zero-order valence-electron chi connectivity index (χ0n) is 9.39. The molecule has 2 nitrogen and oxygen atoms in total. The number of aryl methyl sites for hydroxylation is 1. The van der Waals surface area contributed by atoms with Crippen molar-refractivity contribution in [2.24, 2.45) is 11.8 Å². The largest absolute Gasteiger partial charge is 0.481 e. The summed E-state index contributed by atoms with van der Waals surface area (Å²) in [6.45, 7) is 0. The normalized spacial score (nSPS) is 25.5. The Bertz CT molecular complexity index is 332. The summed E-state index contributed by atoms with van der Waals surface area (Å²) < 4.78 is 0. The van der Waals surface area contributed by atoms with Gasteiger partial charge in [0.2, 0.25) is 0 Å². The van der Waals surface area contributed by atoms with Crippen LogP contribution in [0.15, 0.2) is 16.8 Å². The van der Waals surface area contributed by atoms with E-state index in [0.717, 1.165) is 32.1 Å². The molecule has 0 spiro atoms. The van der Waals surface area contributed by atoms with Crippen LogP contribution >= 0.6 is 11.3 Å². The minimum Gasteiger partial charge on any atom is -0.481 e. The molecule has 1 N–H and O–H groups in total. The van der Waals surface area contributed by atoms with Crippen molar-refractivity contribution in [3.63, 3.8) is 0 Å². The second-order valence-electron chi connectivity index (χ2n) is 4.66. The van der Waals surface area contributed by atoms with E-state index in [1.54, 1.807) is 11.3 Å². The van der Waals surface area contributed by atoms with E-state index in [2.05, 4.69) is 16.8 Å². The molecule has 1 fully saturated rings. The third-order valence-electron chi connectivity index (χ3n) is 3.61. The van der Waals surface area contributed by atoms with Gasteiger partial charge in [0.15, 0.2) is 0 Å². The zero-order chi connectivity index (χ0) is 11.4. The fourth-order valence-corrected chi connectivity index (χ4v) is 3.37. The molecular weight excluding hydrogens is 220 g/mol. The standard InChI is InChI=1S/C13H18O2S/c14-13(15)12-4-2-1-3-11(12)6-5-10-7-8-16-9-10/h7-9,11-12H,1-6H2,(H,14,15). The van der Waals surface area contributed by atoms with E-state index in [1.165, 1.54) is 12.0 Å². The average molecular weight is 238 g/mol. The third-order valence-corrected chi connectivity index (χ3v) is 4.34. The van der Waals surface area contributed by atoms with E-state index in [1.807, 2.05) is 0 Å². The van der Waals surface area contributed by atoms with E-state index in [9.17, 15) is 4.79 Å². The lowest BCUT2D eigenvalue weighted by Crippen LogP contribution is -2.27. The van der Waals surface area contributed by atoms with Gasteiger partial charge in [0.25, 0.3) is 0 Å². The molecule has 2 atom stereocenters. The number of hydrogen-bond donors (Lipinski definition) is 1. The van der Waals surface area contributed by atoms with Crippen molar-refractivity contribution >= 4 is 17.3 Å². The minimum absolute atomic E-state index is 0.0904. The molecule has 0 aromatic carbocycles. The second kappa shape index (κ2) is 5.48. The third kappa shape index (κ3) is 2.85. The van der Waals surface area contributed by atoms with Crippen LogP contribution in [0.4, 0.5) is 0 Å². The molecule has 0 aliphatic heterocycles. The number of hydrogen-bond acceptors (Lipinski definition) is 2. The van der Waals surface area contributed by atoms with Gasteiger partial charge in [-0.05, 0) is 54.0 Å². The molecule has 0 saturated heterocycles. The van der Waals surface area contributed by atoms with Gasteiger partial charge in [-0.3, -0.25) is 4.79 Å². The summed E-state index contributed by atoms with van der Waals surface area (Å²) in [6.07, 6.45) is 6.35. The predicted molar refractivity (Wildman–Crippen MR) is 65.7 cm³/mol. The first-order valence-electron chi connectivity index (χ1n) is 6.01. The van der Waals surface area contributed by atoms with Gasteiger partial charge < -0.3 is 5.11 Å². The molecule has 1 aromatic rings. The predicted octanol–water partition coefficient (Wildman–Crippen LogP) is 3.57. The summed E-state index contributed by atoms with van der Waals surface area (Å²) in [4.78, 5) is 11.1. The molecule has 0 amide bonds. The molecule has 0 bridgehead atoms. The molecule has 1 heterocycles. The van der Waals surface area contributed by atoms with Crippen LogP contribution in [0.1, 0.15) is 37.7 Å². The highest BCUT2D eigenvalue weighted by Gasteiger charge is 2.30. The van der Waals surface area contributed by atoms with Gasteiger partial charge in [-0.1, -0.05) is 12.8 Å². The summed E-state index contributed by atoms with van der Waals surface area (Å²) in [5.41, 5.74) is 1.36. The van der Waals surface area contributed by atoms with Crippen molar-refractivity contribution in [1.29, 1.82) is 0 Å². The summed E-state index contributed by atoms with van der Waals surface area (Å²) in [6, 6.07) is 2.14. The van der Waals surface area contributed by atoms with Gasteiger partial charge in [0, 0.05) is 0 Å². The van der Waals surface area contributed by atoms with Crippen LogP contribution in [0.25, 0.3) is 0 Å².